The molecule has 2 saturated carbocycles. The Labute approximate surface area is 164 Å². The number of aryl methyl sites for hydroxylation is 1. The lowest BCUT2D eigenvalue weighted by Crippen LogP contribution is -2.15. The van der Waals surface area contributed by atoms with Gasteiger partial charge in [0, 0.05) is 11.8 Å². The molecule has 0 radical (unpaired) electrons. The number of halogens is 2. The predicted octanol–water partition coefficient (Wildman–Crippen LogP) is 7.31. The highest BCUT2D eigenvalue weighted by Gasteiger charge is 2.21. The lowest BCUT2D eigenvalue weighted by molar-refractivity contribution is 0.294. The van der Waals surface area contributed by atoms with Gasteiger partial charge in [0.1, 0.15) is 0 Å². The summed E-state index contributed by atoms with van der Waals surface area (Å²) in [5.41, 5.74) is 0.912. The van der Waals surface area contributed by atoms with E-state index in [1.54, 1.807) is 6.07 Å². The number of hydrogen-bond acceptors (Lipinski definition) is 0. The van der Waals surface area contributed by atoms with E-state index in [0.717, 1.165) is 24.3 Å². The summed E-state index contributed by atoms with van der Waals surface area (Å²) in [4.78, 5) is 0. The Hall–Kier alpha value is -1.36. The summed E-state index contributed by atoms with van der Waals surface area (Å²) in [6.45, 7) is 2.29. The van der Waals surface area contributed by atoms with Gasteiger partial charge in [-0.05, 0) is 93.7 Å². The minimum absolute atomic E-state index is 0.581. The second-order valence-corrected chi connectivity index (χ2v) is 8.80. The largest absolute Gasteiger partial charge is 0.204 e. The van der Waals surface area contributed by atoms with Crippen LogP contribution in [0.4, 0.5) is 8.78 Å². The SMILES string of the molecule is CCCC1CCC(C#CC2CCC(CCc3ccc(F)c(F)c3)CC2)CC1. The van der Waals surface area contributed by atoms with E-state index in [1.165, 1.54) is 76.3 Å². The highest BCUT2D eigenvalue weighted by Crippen LogP contribution is 2.33. The third-order valence-electron chi connectivity index (χ3n) is 6.71. The van der Waals surface area contributed by atoms with Crippen LogP contribution < -0.4 is 0 Å². The molecule has 148 valence electrons. The van der Waals surface area contributed by atoms with Gasteiger partial charge in [-0.2, -0.15) is 0 Å². The van der Waals surface area contributed by atoms with Crippen LogP contribution >= 0.6 is 0 Å². The van der Waals surface area contributed by atoms with Crippen molar-refractivity contribution in [2.45, 2.75) is 84.0 Å². The van der Waals surface area contributed by atoms with Gasteiger partial charge in [-0.25, -0.2) is 8.78 Å². The van der Waals surface area contributed by atoms with E-state index in [1.807, 2.05) is 0 Å². The molecule has 0 amide bonds. The standard InChI is InChI=1S/C25H34F2/c1-2-3-19-4-6-20(7-5-19)8-9-21-10-12-22(13-11-21)14-15-23-16-17-24(26)25(27)18-23/h16-22H,2-7,10-15H2,1H3. The Morgan fingerprint density at radius 2 is 1.33 bits per heavy atom. The Kier molecular flexibility index (Phi) is 7.74. The fourth-order valence-corrected chi connectivity index (χ4v) is 4.90. The van der Waals surface area contributed by atoms with Crippen LogP contribution in [0.15, 0.2) is 18.2 Å². The van der Waals surface area contributed by atoms with Crippen LogP contribution in [-0.4, -0.2) is 0 Å². The van der Waals surface area contributed by atoms with E-state index in [2.05, 4.69) is 18.8 Å². The number of benzene rings is 1. The molecule has 0 nitrogen and oxygen atoms in total. The molecule has 0 aromatic heterocycles. The molecule has 0 spiro atoms. The molecular formula is C25H34F2. The topological polar surface area (TPSA) is 0 Å². The maximum Gasteiger partial charge on any atom is 0.159 e. The van der Waals surface area contributed by atoms with Crippen LogP contribution in [0.5, 0.6) is 0 Å². The fourth-order valence-electron chi connectivity index (χ4n) is 4.90. The Morgan fingerprint density at radius 3 is 1.85 bits per heavy atom. The average Bonchev–Trinajstić information content (AvgIpc) is 2.69. The molecule has 2 heteroatoms. The maximum atomic E-state index is 13.3. The molecule has 2 aliphatic rings. The molecule has 3 rings (SSSR count). The second-order valence-electron chi connectivity index (χ2n) is 8.80. The lowest BCUT2D eigenvalue weighted by Gasteiger charge is -2.27. The van der Waals surface area contributed by atoms with Gasteiger partial charge in [0.15, 0.2) is 11.6 Å². The van der Waals surface area contributed by atoms with Crippen molar-refractivity contribution in [2.75, 3.05) is 0 Å². The van der Waals surface area contributed by atoms with Crippen LogP contribution in [0.3, 0.4) is 0 Å². The van der Waals surface area contributed by atoms with Gasteiger partial charge >= 0.3 is 0 Å². The molecule has 2 aliphatic carbocycles. The van der Waals surface area contributed by atoms with Gasteiger partial charge in [-0.1, -0.05) is 37.7 Å². The van der Waals surface area contributed by atoms with E-state index in [4.69, 9.17) is 0 Å². The van der Waals surface area contributed by atoms with Crippen molar-refractivity contribution in [2.24, 2.45) is 23.7 Å². The molecule has 27 heavy (non-hydrogen) atoms. The van der Waals surface area contributed by atoms with E-state index >= 15 is 0 Å². The zero-order valence-corrected chi connectivity index (χ0v) is 16.8. The first kappa shape index (κ1) is 20.4. The van der Waals surface area contributed by atoms with Gasteiger partial charge in [-0.3, -0.25) is 0 Å². The monoisotopic (exact) mass is 372 g/mol. The van der Waals surface area contributed by atoms with Crippen molar-refractivity contribution in [3.8, 4) is 11.8 Å². The first-order chi connectivity index (χ1) is 13.1. The van der Waals surface area contributed by atoms with Crippen LogP contribution in [0, 0.1) is 47.1 Å². The molecule has 0 saturated heterocycles. The van der Waals surface area contributed by atoms with Gasteiger partial charge in [0.2, 0.25) is 0 Å². The van der Waals surface area contributed by atoms with E-state index in [0.29, 0.717) is 17.8 Å². The highest BCUT2D eigenvalue weighted by molar-refractivity contribution is 5.18. The van der Waals surface area contributed by atoms with Crippen molar-refractivity contribution in [1.29, 1.82) is 0 Å². The molecule has 0 unspecified atom stereocenters. The summed E-state index contributed by atoms with van der Waals surface area (Å²) >= 11 is 0. The van der Waals surface area contributed by atoms with Crippen LogP contribution in [0.1, 0.15) is 83.1 Å². The highest BCUT2D eigenvalue weighted by atomic mass is 19.2. The van der Waals surface area contributed by atoms with Gasteiger partial charge in [0.25, 0.3) is 0 Å². The molecule has 2 fully saturated rings. The fraction of sp³-hybridized carbons (Fsp3) is 0.680. The van der Waals surface area contributed by atoms with Gasteiger partial charge in [-0.15, -0.1) is 0 Å². The second kappa shape index (κ2) is 10.3. The molecule has 1 aromatic carbocycles. The summed E-state index contributed by atoms with van der Waals surface area (Å²) in [6.07, 6.45) is 14.9. The van der Waals surface area contributed by atoms with Crippen molar-refractivity contribution in [3.05, 3.63) is 35.4 Å². The van der Waals surface area contributed by atoms with Crippen LogP contribution in [0.2, 0.25) is 0 Å². The Balaban J connectivity index is 1.36. The molecule has 0 bridgehead atoms. The smallest absolute Gasteiger partial charge is 0.159 e. The van der Waals surface area contributed by atoms with Gasteiger partial charge in [0.05, 0.1) is 0 Å². The summed E-state index contributed by atoms with van der Waals surface area (Å²) < 4.78 is 26.3. The normalized spacial score (nSPS) is 28.4. The average molecular weight is 373 g/mol. The predicted molar refractivity (Wildman–Crippen MR) is 108 cm³/mol. The first-order valence-corrected chi connectivity index (χ1v) is 11.1. The first-order valence-electron chi connectivity index (χ1n) is 11.1. The van der Waals surface area contributed by atoms with E-state index in [9.17, 15) is 8.78 Å². The number of rotatable bonds is 5. The van der Waals surface area contributed by atoms with E-state index in [-0.39, 0.29) is 0 Å². The quantitative estimate of drug-likeness (QED) is 0.475. The Bertz CT molecular complexity index is 638. The van der Waals surface area contributed by atoms with Crippen LogP contribution in [0.25, 0.3) is 0 Å². The van der Waals surface area contributed by atoms with Crippen molar-refractivity contribution in [1.82, 2.24) is 0 Å². The third-order valence-corrected chi connectivity index (χ3v) is 6.71. The van der Waals surface area contributed by atoms with Crippen molar-refractivity contribution < 1.29 is 8.78 Å². The molecule has 0 atom stereocenters. The van der Waals surface area contributed by atoms with Crippen molar-refractivity contribution >= 4 is 0 Å². The summed E-state index contributed by atoms with van der Waals surface area (Å²) in [5.74, 6) is 8.63. The van der Waals surface area contributed by atoms with E-state index < -0.39 is 11.6 Å². The zero-order valence-electron chi connectivity index (χ0n) is 16.8. The molecular weight excluding hydrogens is 338 g/mol. The van der Waals surface area contributed by atoms with Gasteiger partial charge < -0.3 is 0 Å². The molecule has 0 heterocycles. The summed E-state index contributed by atoms with van der Waals surface area (Å²) in [6, 6.07) is 4.30. The minimum Gasteiger partial charge on any atom is -0.204 e. The van der Waals surface area contributed by atoms with Crippen molar-refractivity contribution in [3.63, 3.8) is 0 Å². The Morgan fingerprint density at radius 1 is 0.778 bits per heavy atom. The lowest BCUT2D eigenvalue weighted by atomic mass is 9.78. The maximum absolute atomic E-state index is 13.3. The molecule has 0 N–H and O–H groups in total. The summed E-state index contributed by atoms with van der Waals surface area (Å²) in [5, 5.41) is 0. The molecule has 1 aromatic rings. The zero-order chi connectivity index (χ0) is 19.1. The summed E-state index contributed by atoms with van der Waals surface area (Å²) in [7, 11) is 0. The number of hydrogen-bond donors (Lipinski definition) is 0. The molecule has 0 aliphatic heterocycles. The van der Waals surface area contributed by atoms with Crippen LogP contribution in [-0.2, 0) is 6.42 Å². The minimum atomic E-state index is -0.753. The third kappa shape index (κ3) is 6.34.